The van der Waals surface area contributed by atoms with E-state index in [9.17, 15) is 13.2 Å². The molecule has 0 aliphatic rings. The van der Waals surface area contributed by atoms with Gasteiger partial charge in [0, 0.05) is 10.6 Å². The van der Waals surface area contributed by atoms with Crippen molar-refractivity contribution in [3.05, 3.63) is 34.3 Å². The van der Waals surface area contributed by atoms with Gasteiger partial charge in [-0.2, -0.15) is 18.3 Å². The Kier molecular flexibility index (Phi) is 3.95. The van der Waals surface area contributed by atoms with E-state index in [-0.39, 0.29) is 10.6 Å². The number of hydrazone groups is 1. The predicted octanol–water partition coefficient (Wildman–Crippen LogP) is 2.18. The van der Waals surface area contributed by atoms with Crippen LogP contribution in [0.5, 0.6) is 0 Å². The zero-order valence-corrected chi connectivity index (χ0v) is 9.10. The van der Waals surface area contributed by atoms with Crippen LogP contribution in [0.25, 0.3) is 0 Å². The molecule has 0 amide bonds. The Balaban J connectivity index is 2.99. The number of nitrogens with two attached hydrogens (primary N) is 1. The molecule has 0 aromatic heterocycles. The minimum Gasteiger partial charge on any atom is -0.369 e. The summed E-state index contributed by atoms with van der Waals surface area (Å²) in [6.45, 7) is 0. The third-order valence-electron chi connectivity index (χ3n) is 1.71. The molecule has 92 valence electrons. The highest BCUT2D eigenvalue weighted by Crippen LogP contribution is 2.31. The molecule has 0 aliphatic carbocycles. The van der Waals surface area contributed by atoms with Crippen molar-refractivity contribution >= 4 is 23.8 Å². The second-order valence-electron chi connectivity index (χ2n) is 3.02. The molecule has 0 radical (unpaired) electrons. The van der Waals surface area contributed by atoms with Gasteiger partial charge in [0.25, 0.3) is 0 Å². The number of hydrogen-bond donors (Lipinski definition) is 3. The lowest BCUT2D eigenvalue weighted by Gasteiger charge is -2.07. The van der Waals surface area contributed by atoms with E-state index >= 15 is 0 Å². The molecular formula is C9H8ClF3N4. The van der Waals surface area contributed by atoms with Crippen LogP contribution in [0.15, 0.2) is 23.3 Å². The Morgan fingerprint density at radius 1 is 1.47 bits per heavy atom. The second-order valence-corrected chi connectivity index (χ2v) is 3.42. The van der Waals surface area contributed by atoms with E-state index in [1.54, 1.807) is 0 Å². The fourth-order valence-corrected chi connectivity index (χ4v) is 1.16. The molecule has 0 heterocycles. The smallest absolute Gasteiger partial charge is 0.369 e. The summed E-state index contributed by atoms with van der Waals surface area (Å²) >= 11 is 5.69. The van der Waals surface area contributed by atoms with Gasteiger partial charge in [-0.15, -0.1) is 0 Å². The number of rotatable bonds is 2. The van der Waals surface area contributed by atoms with Gasteiger partial charge in [-0.25, -0.2) is 5.43 Å². The molecule has 0 spiro atoms. The first-order valence-electron chi connectivity index (χ1n) is 4.30. The summed E-state index contributed by atoms with van der Waals surface area (Å²) in [5.74, 6) is -0.427. The van der Waals surface area contributed by atoms with Crippen LogP contribution in [-0.2, 0) is 6.18 Å². The van der Waals surface area contributed by atoms with E-state index in [1.807, 2.05) is 0 Å². The van der Waals surface area contributed by atoms with Gasteiger partial charge in [0.05, 0.1) is 11.8 Å². The Morgan fingerprint density at radius 2 is 2.12 bits per heavy atom. The average molecular weight is 265 g/mol. The number of alkyl halides is 3. The molecule has 8 heteroatoms. The first-order valence-corrected chi connectivity index (χ1v) is 4.68. The van der Waals surface area contributed by atoms with Crippen LogP contribution < -0.4 is 11.2 Å². The standard InChI is InChI=1S/C9H8ClF3N4/c10-7-2-1-6(9(11,12)13)3-5(7)4-16-17-8(14)15/h1-4H,(H4,14,15,17). The molecule has 0 unspecified atom stereocenters. The van der Waals surface area contributed by atoms with Crippen molar-refractivity contribution in [2.24, 2.45) is 10.8 Å². The molecule has 0 aliphatic heterocycles. The minimum atomic E-state index is -4.44. The van der Waals surface area contributed by atoms with Crippen molar-refractivity contribution in [3.63, 3.8) is 0 Å². The summed E-state index contributed by atoms with van der Waals surface area (Å²) in [4.78, 5) is 0. The first-order chi connectivity index (χ1) is 7.80. The third-order valence-corrected chi connectivity index (χ3v) is 2.06. The first kappa shape index (κ1) is 13.3. The highest BCUT2D eigenvalue weighted by Gasteiger charge is 2.30. The molecule has 0 saturated carbocycles. The molecule has 17 heavy (non-hydrogen) atoms. The van der Waals surface area contributed by atoms with Crippen LogP contribution in [-0.4, -0.2) is 12.2 Å². The maximum Gasteiger partial charge on any atom is 0.416 e. The van der Waals surface area contributed by atoms with Crippen molar-refractivity contribution < 1.29 is 13.2 Å². The number of halogens is 4. The highest BCUT2D eigenvalue weighted by atomic mass is 35.5. The summed E-state index contributed by atoms with van der Waals surface area (Å²) in [5, 5.41) is 10.4. The van der Waals surface area contributed by atoms with Crippen molar-refractivity contribution in [2.45, 2.75) is 6.18 Å². The lowest BCUT2D eigenvalue weighted by atomic mass is 10.1. The van der Waals surface area contributed by atoms with Crippen molar-refractivity contribution in [3.8, 4) is 0 Å². The number of guanidine groups is 1. The Morgan fingerprint density at radius 3 is 2.65 bits per heavy atom. The lowest BCUT2D eigenvalue weighted by molar-refractivity contribution is -0.137. The van der Waals surface area contributed by atoms with E-state index in [0.29, 0.717) is 0 Å². The molecular weight excluding hydrogens is 257 g/mol. The van der Waals surface area contributed by atoms with Crippen molar-refractivity contribution in [2.75, 3.05) is 0 Å². The van der Waals surface area contributed by atoms with Gasteiger partial charge in [-0.3, -0.25) is 5.41 Å². The normalized spacial score (nSPS) is 11.8. The number of benzene rings is 1. The molecule has 1 rings (SSSR count). The minimum absolute atomic E-state index is 0.0789. The molecule has 1 aromatic rings. The monoisotopic (exact) mass is 264 g/mol. The van der Waals surface area contributed by atoms with Crippen LogP contribution in [0.3, 0.4) is 0 Å². The molecule has 0 atom stereocenters. The fraction of sp³-hybridized carbons (Fsp3) is 0.111. The molecule has 0 saturated heterocycles. The topological polar surface area (TPSA) is 74.3 Å². The number of hydrogen-bond acceptors (Lipinski definition) is 2. The van der Waals surface area contributed by atoms with E-state index in [4.69, 9.17) is 22.7 Å². The molecule has 1 aromatic carbocycles. The SMILES string of the molecule is N=C(N)NN=Cc1cc(C(F)(F)F)ccc1Cl. The van der Waals surface area contributed by atoms with Gasteiger partial charge in [0.15, 0.2) is 0 Å². The summed E-state index contributed by atoms with van der Waals surface area (Å²) in [6.07, 6.45) is -3.39. The zero-order valence-electron chi connectivity index (χ0n) is 8.35. The van der Waals surface area contributed by atoms with Gasteiger partial charge in [0.1, 0.15) is 0 Å². The largest absolute Gasteiger partial charge is 0.416 e. The van der Waals surface area contributed by atoms with Crippen molar-refractivity contribution in [1.29, 1.82) is 5.41 Å². The predicted molar refractivity (Wildman–Crippen MR) is 59.1 cm³/mol. The van der Waals surface area contributed by atoms with Crippen LogP contribution in [0.1, 0.15) is 11.1 Å². The fourth-order valence-electron chi connectivity index (χ4n) is 0.990. The Hall–Kier alpha value is -1.76. The second kappa shape index (κ2) is 5.05. The van der Waals surface area contributed by atoms with Gasteiger partial charge in [-0.1, -0.05) is 11.6 Å². The molecule has 0 fully saturated rings. The average Bonchev–Trinajstić information content (AvgIpc) is 2.18. The summed E-state index contributed by atoms with van der Waals surface area (Å²) in [5.41, 5.74) is 6.26. The zero-order chi connectivity index (χ0) is 13.1. The maximum absolute atomic E-state index is 12.4. The molecule has 0 bridgehead atoms. The van der Waals surface area contributed by atoms with E-state index in [0.717, 1.165) is 24.4 Å². The Labute approximate surface area is 99.8 Å². The lowest BCUT2D eigenvalue weighted by Crippen LogP contribution is -2.25. The maximum atomic E-state index is 12.4. The van der Waals surface area contributed by atoms with Gasteiger partial charge < -0.3 is 5.73 Å². The molecule has 4 nitrogen and oxygen atoms in total. The molecule has 4 N–H and O–H groups in total. The van der Waals surface area contributed by atoms with E-state index in [2.05, 4.69) is 10.5 Å². The van der Waals surface area contributed by atoms with Crippen molar-refractivity contribution in [1.82, 2.24) is 5.43 Å². The van der Waals surface area contributed by atoms with Crippen LogP contribution >= 0.6 is 11.6 Å². The van der Waals surface area contributed by atoms with Gasteiger partial charge in [-0.05, 0) is 18.2 Å². The summed E-state index contributed by atoms with van der Waals surface area (Å²) in [6, 6.07) is 2.85. The van der Waals surface area contributed by atoms with Crippen LogP contribution in [0.2, 0.25) is 5.02 Å². The van der Waals surface area contributed by atoms with Crippen LogP contribution in [0.4, 0.5) is 13.2 Å². The van der Waals surface area contributed by atoms with Crippen LogP contribution in [0, 0.1) is 5.41 Å². The Bertz CT molecular complexity index is 456. The van der Waals surface area contributed by atoms with E-state index in [1.165, 1.54) is 0 Å². The third kappa shape index (κ3) is 3.95. The number of nitrogens with zero attached hydrogens (tertiary/aromatic N) is 1. The number of nitrogens with one attached hydrogen (secondary N) is 2. The summed E-state index contributed by atoms with van der Waals surface area (Å²) < 4.78 is 37.2. The van der Waals surface area contributed by atoms with E-state index < -0.39 is 17.7 Å². The van der Waals surface area contributed by atoms with Gasteiger partial charge in [0.2, 0.25) is 5.96 Å². The quantitative estimate of drug-likeness (QED) is 0.435. The van der Waals surface area contributed by atoms with Gasteiger partial charge >= 0.3 is 6.18 Å². The summed E-state index contributed by atoms with van der Waals surface area (Å²) in [7, 11) is 0. The highest BCUT2D eigenvalue weighted by molar-refractivity contribution is 6.33.